The Hall–Kier alpha value is -1.03. The molecule has 0 atom stereocenters. The molecule has 2 rings (SSSR count). The molecule has 2 aromatic carbocycles. The molecule has 0 spiro atoms. The fourth-order valence-corrected chi connectivity index (χ4v) is 2.84. The fraction of sp³-hybridized carbons (Fsp3) is 0.0714. The van der Waals surface area contributed by atoms with Gasteiger partial charge in [-0.1, -0.05) is 35.3 Å². The molecule has 0 N–H and O–H groups in total. The van der Waals surface area contributed by atoms with Gasteiger partial charge in [0.1, 0.15) is 5.82 Å². The summed E-state index contributed by atoms with van der Waals surface area (Å²) in [7, 11) is 0. The maximum absolute atomic E-state index is 13.1. The van der Waals surface area contributed by atoms with Crippen molar-refractivity contribution in [2.45, 2.75) is 4.90 Å². The highest BCUT2D eigenvalue weighted by atomic mass is 35.5. The number of carbonyl (C=O) groups is 1. The number of thioether (sulfide) groups is 1. The maximum Gasteiger partial charge on any atom is 0.174 e. The van der Waals surface area contributed by atoms with Crippen LogP contribution >= 0.6 is 35.0 Å². The first-order valence-corrected chi connectivity index (χ1v) is 7.17. The molecular formula is C14H9Cl2FOS. The van der Waals surface area contributed by atoms with Crippen molar-refractivity contribution in [1.82, 2.24) is 0 Å². The smallest absolute Gasteiger partial charge is 0.174 e. The van der Waals surface area contributed by atoms with Crippen LogP contribution in [0.3, 0.4) is 0 Å². The van der Waals surface area contributed by atoms with Crippen LogP contribution in [0.5, 0.6) is 0 Å². The van der Waals surface area contributed by atoms with Crippen LogP contribution in [0.15, 0.2) is 47.4 Å². The molecule has 0 aromatic heterocycles. The van der Waals surface area contributed by atoms with Crippen LogP contribution in [-0.2, 0) is 0 Å². The highest BCUT2D eigenvalue weighted by molar-refractivity contribution is 8.00. The van der Waals surface area contributed by atoms with E-state index in [0.717, 1.165) is 11.0 Å². The second kappa shape index (κ2) is 6.42. The van der Waals surface area contributed by atoms with Crippen LogP contribution in [0, 0.1) is 5.82 Å². The Morgan fingerprint density at radius 3 is 2.58 bits per heavy atom. The summed E-state index contributed by atoms with van der Waals surface area (Å²) < 4.78 is 13.1. The molecule has 0 heterocycles. The number of rotatable bonds is 4. The van der Waals surface area contributed by atoms with Crippen LogP contribution in [-0.4, -0.2) is 11.5 Å². The third-order valence-electron chi connectivity index (χ3n) is 2.42. The topological polar surface area (TPSA) is 17.1 Å². The minimum Gasteiger partial charge on any atom is -0.293 e. The van der Waals surface area contributed by atoms with E-state index >= 15 is 0 Å². The number of carbonyl (C=O) groups excluding carboxylic acids is 1. The number of benzene rings is 2. The average Bonchev–Trinajstić information content (AvgIpc) is 2.40. The summed E-state index contributed by atoms with van der Waals surface area (Å²) in [6.45, 7) is 0. The lowest BCUT2D eigenvalue weighted by Crippen LogP contribution is -2.03. The summed E-state index contributed by atoms with van der Waals surface area (Å²) in [5, 5.41) is 0.844. The van der Waals surface area contributed by atoms with E-state index in [-0.39, 0.29) is 22.1 Å². The first kappa shape index (κ1) is 14.4. The molecule has 0 radical (unpaired) electrons. The van der Waals surface area contributed by atoms with Crippen molar-refractivity contribution < 1.29 is 9.18 Å². The molecule has 1 nitrogen and oxygen atoms in total. The predicted molar refractivity (Wildman–Crippen MR) is 77.9 cm³/mol. The van der Waals surface area contributed by atoms with Crippen LogP contribution in [0.2, 0.25) is 10.0 Å². The third kappa shape index (κ3) is 3.72. The Bertz CT molecular complexity index is 616. The monoisotopic (exact) mass is 314 g/mol. The minimum absolute atomic E-state index is 0.160. The molecule has 19 heavy (non-hydrogen) atoms. The van der Waals surface area contributed by atoms with Crippen LogP contribution in [0.1, 0.15) is 10.4 Å². The van der Waals surface area contributed by atoms with Crippen molar-refractivity contribution in [3.8, 4) is 0 Å². The van der Waals surface area contributed by atoms with E-state index in [1.807, 2.05) is 18.2 Å². The van der Waals surface area contributed by atoms with E-state index in [1.54, 1.807) is 6.07 Å². The highest BCUT2D eigenvalue weighted by Crippen LogP contribution is 2.28. The van der Waals surface area contributed by atoms with E-state index in [4.69, 9.17) is 23.2 Å². The second-order valence-corrected chi connectivity index (χ2v) is 5.60. The van der Waals surface area contributed by atoms with Gasteiger partial charge in [0, 0.05) is 10.5 Å². The van der Waals surface area contributed by atoms with Crippen molar-refractivity contribution in [3.63, 3.8) is 0 Å². The van der Waals surface area contributed by atoms with E-state index in [1.165, 1.54) is 23.9 Å². The number of halogens is 3. The van der Waals surface area contributed by atoms with Crippen molar-refractivity contribution in [1.29, 1.82) is 0 Å². The number of Topliss-reactive ketones (excluding diaryl/α,β-unsaturated/α-hetero) is 1. The molecule has 0 amide bonds. The maximum atomic E-state index is 13.1. The van der Waals surface area contributed by atoms with E-state index in [9.17, 15) is 9.18 Å². The lowest BCUT2D eigenvalue weighted by Gasteiger charge is -2.05. The summed E-state index contributed by atoms with van der Waals surface area (Å²) in [5.74, 6) is -0.544. The summed E-state index contributed by atoms with van der Waals surface area (Å²) >= 11 is 13.2. The molecule has 0 bridgehead atoms. The summed E-state index contributed by atoms with van der Waals surface area (Å²) in [4.78, 5) is 12.8. The SMILES string of the molecule is O=C(CSc1ccccc1Cl)c1cc(F)ccc1Cl. The largest absolute Gasteiger partial charge is 0.293 e. The molecule has 5 heteroatoms. The molecule has 0 unspecified atom stereocenters. The summed E-state index contributed by atoms with van der Waals surface area (Å²) in [6.07, 6.45) is 0. The van der Waals surface area contributed by atoms with Gasteiger partial charge in [-0.15, -0.1) is 11.8 Å². The van der Waals surface area contributed by atoms with E-state index in [0.29, 0.717) is 5.02 Å². The van der Waals surface area contributed by atoms with Crippen LogP contribution in [0.25, 0.3) is 0 Å². The standard InChI is InChI=1S/C14H9Cl2FOS/c15-11-6-5-9(17)7-10(11)13(18)8-19-14-4-2-1-3-12(14)16/h1-7H,8H2. The van der Waals surface area contributed by atoms with Crippen molar-refractivity contribution in [3.05, 3.63) is 63.9 Å². The van der Waals surface area contributed by atoms with Gasteiger partial charge in [0.25, 0.3) is 0 Å². The molecule has 0 saturated carbocycles. The van der Waals surface area contributed by atoms with Crippen LogP contribution in [0.4, 0.5) is 4.39 Å². The molecule has 0 aliphatic rings. The fourth-order valence-electron chi connectivity index (χ4n) is 1.49. The average molecular weight is 315 g/mol. The Morgan fingerprint density at radius 2 is 1.84 bits per heavy atom. The first-order valence-electron chi connectivity index (χ1n) is 5.43. The zero-order valence-corrected chi connectivity index (χ0v) is 12.0. The predicted octanol–water partition coefficient (Wildman–Crippen LogP) is 5.11. The van der Waals surface area contributed by atoms with Crippen LogP contribution < -0.4 is 0 Å². The molecule has 98 valence electrons. The Morgan fingerprint density at radius 1 is 1.11 bits per heavy atom. The Kier molecular flexibility index (Phi) is 4.86. The quantitative estimate of drug-likeness (QED) is 0.576. The molecule has 0 fully saturated rings. The normalized spacial score (nSPS) is 10.5. The third-order valence-corrected chi connectivity index (χ3v) is 4.27. The number of hydrogen-bond acceptors (Lipinski definition) is 2. The second-order valence-electron chi connectivity index (χ2n) is 3.77. The Balaban J connectivity index is 2.10. The van der Waals surface area contributed by atoms with Crippen molar-refractivity contribution >= 4 is 40.7 Å². The molecule has 0 aliphatic carbocycles. The van der Waals surface area contributed by atoms with Gasteiger partial charge >= 0.3 is 0 Å². The van der Waals surface area contributed by atoms with Gasteiger partial charge in [-0.05, 0) is 30.3 Å². The van der Waals surface area contributed by atoms with Gasteiger partial charge in [-0.25, -0.2) is 4.39 Å². The van der Waals surface area contributed by atoms with Gasteiger partial charge in [0.2, 0.25) is 0 Å². The molecular weight excluding hydrogens is 306 g/mol. The van der Waals surface area contributed by atoms with Gasteiger partial charge < -0.3 is 0 Å². The molecule has 2 aromatic rings. The summed E-state index contributed by atoms with van der Waals surface area (Å²) in [6, 6.07) is 11.0. The van der Waals surface area contributed by atoms with Gasteiger partial charge in [-0.2, -0.15) is 0 Å². The van der Waals surface area contributed by atoms with Gasteiger partial charge in [0.05, 0.1) is 15.8 Å². The van der Waals surface area contributed by atoms with E-state index < -0.39 is 5.82 Å². The number of hydrogen-bond donors (Lipinski definition) is 0. The van der Waals surface area contributed by atoms with Gasteiger partial charge in [-0.3, -0.25) is 4.79 Å². The molecule has 0 saturated heterocycles. The summed E-state index contributed by atoms with van der Waals surface area (Å²) in [5.41, 5.74) is 0.196. The first-order chi connectivity index (χ1) is 9.08. The lowest BCUT2D eigenvalue weighted by molar-refractivity contribution is 0.102. The van der Waals surface area contributed by atoms with Crippen molar-refractivity contribution in [2.24, 2.45) is 0 Å². The lowest BCUT2D eigenvalue weighted by atomic mass is 10.1. The minimum atomic E-state index is -0.476. The van der Waals surface area contributed by atoms with Gasteiger partial charge in [0.15, 0.2) is 5.78 Å². The van der Waals surface area contributed by atoms with Crippen molar-refractivity contribution in [2.75, 3.05) is 5.75 Å². The highest BCUT2D eigenvalue weighted by Gasteiger charge is 2.12. The van der Waals surface area contributed by atoms with E-state index in [2.05, 4.69) is 0 Å². The Labute approximate surface area is 124 Å². The molecule has 0 aliphatic heterocycles. The zero-order chi connectivity index (χ0) is 13.8. The zero-order valence-electron chi connectivity index (χ0n) is 9.70. The number of ketones is 1.